The van der Waals surface area contributed by atoms with Crippen molar-refractivity contribution in [3.63, 3.8) is 0 Å². The molecule has 1 aromatic rings. The summed E-state index contributed by atoms with van der Waals surface area (Å²) in [5.74, 6) is 1.08. The van der Waals surface area contributed by atoms with Crippen molar-refractivity contribution >= 4 is 5.78 Å². The second-order valence-corrected chi connectivity index (χ2v) is 5.30. The van der Waals surface area contributed by atoms with Crippen molar-refractivity contribution in [1.29, 1.82) is 0 Å². The maximum atomic E-state index is 12.0. The van der Waals surface area contributed by atoms with Gasteiger partial charge in [0.25, 0.3) is 0 Å². The Morgan fingerprint density at radius 1 is 1.53 bits per heavy atom. The van der Waals surface area contributed by atoms with Crippen molar-refractivity contribution in [3.05, 3.63) is 12.2 Å². The number of nitrogens with one attached hydrogen (secondary N) is 1. The largest absolute Gasteiger partial charge is 0.314 e. The summed E-state index contributed by atoms with van der Waals surface area (Å²) in [5, 5.41) is 7.63. The van der Waals surface area contributed by atoms with Crippen molar-refractivity contribution in [2.24, 2.45) is 0 Å². The van der Waals surface area contributed by atoms with Crippen LogP contribution in [0.15, 0.2) is 6.33 Å². The van der Waals surface area contributed by atoms with Crippen LogP contribution in [-0.4, -0.2) is 33.1 Å². The fraction of sp³-hybridized carbons (Fsp3) is 0.786. The molecule has 1 fully saturated rings. The summed E-state index contributed by atoms with van der Waals surface area (Å²) in [6.07, 6.45) is 8.35. The molecule has 106 valence electrons. The van der Waals surface area contributed by atoms with Gasteiger partial charge < -0.3 is 5.32 Å². The molecule has 1 unspecified atom stereocenters. The van der Waals surface area contributed by atoms with Crippen LogP contribution in [0.3, 0.4) is 0 Å². The maximum Gasteiger partial charge on any atom is 0.140 e. The molecule has 0 aromatic carbocycles. The lowest BCUT2D eigenvalue weighted by Gasteiger charge is -2.22. The second kappa shape index (κ2) is 7.38. The average molecular weight is 264 g/mol. The Hall–Kier alpha value is -1.23. The van der Waals surface area contributed by atoms with Crippen molar-refractivity contribution in [2.75, 3.05) is 6.54 Å². The first-order valence-corrected chi connectivity index (χ1v) is 7.41. The molecule has 1 aliphatic heterocycles. The minimum Gasteiger partial charge on any atom is -0.314 e. The maximum absolute atomic E-state index is 12.0. The van der Waals surface area contributed by atoms with Crippen LogP contribution in [0.4, 0.5) is 0 Å². The molecular formula is C14H24N4O. The number of aryl methyl sites for hydroxylation is 1. The van der Waals surface area contributed by atoms with Crippen LogP contribution in [-0.2, 0) is 17.8 Å². The number of aromatic nitrogens is 3. The number of hydrogen-bond acceptors (Lipinski definition) is 4. The van der Waals surface area contributed by atoms with E-state index in [2.05, 4.69) is 22.3 Å². The third-order valence-electron chi connectivity index (χ3n) is 3.67. The van der Waals surface area contributed by atoms with E-state index in [1.165, 1.54) is 19.3 Å². The Kier molecular flexibility index (Phi) is 5.51. The Bertz CT molecular complexity index is 396. The van der Waals surface area contributed by atoms with Crippen LogP contribution in [0, 0.1) is 0 Å². The number of carbonyl (C=O) groups excluding carboxylic acids is 1. The van der Waals surface area contributed by atoms with Crippen LogP contribution in [0.1, 0.15) is 51.3 Å². The van der Waals surface area contributed by atoms with Gasteiger partial charge in [0.1, 0.15) is 17.9 Å². The molecule has 1 saturated heterocycles. The number of rotatable bonds is 7. The molecule has 0 bridgehead atoms. The summed E-state index contributed by atoms with van der Waals surface area (Å²) in [7, 11) is 0. The average Bonchev–Trinajstić information content (AvgIpc) is 2.85. The summed E-state index contributed by atoms with van der Waals surface area (Å²) in [6.45, 7) is 4.04. The Morgan fingerprint density at radius 2 is 2.42 bits per heavy atom. The molecule has 1 aromatic heterocycles. The number of hydrogen-bond donors (Lipinski definition) is 1. The zero-order valence-corrected chi connectivity index (χ0v) is 11.8. The molecule has 1 aliphatic rings. The first kappa shape index (κ1) is 14.2. The minimum absolute atomic E-state index is 0.276. The lowest BCUT2D eigenvalue weighted by atomic mass is 9.99. The van der Waals surface area contributed by atoms with E-state index in [1.807, 2.05) is 4.68 Å². The van der Waals surface area contributed by atoms with Crippen LogP contribution in [0.5, 0.6) is 0 Å². The molecule has 0 saturated carbocycles. The number of carbonyl (C=O) groups is 1. The van der Waals surface area contributed by atoms with E-state index in [9.17, 15) is 4.79 Å². The highest BCUT2D eigenvalue weighted by Gasteiger charge is 2.15. The normalized spacial score (nSPS) is 19.5. The van der Waals surface area contributed by atoms with Gasteiger partial charge in [-0.3, -0.25) is 4.79 Å². The molecule has 1 N–H and O–H groups in total. The smallest absolute Gasteiger partial charge is 0.140 e. The highest BCUT2D eigenvalue weighted by atomic mass is 16.1. The van der Waals surface area contributed by atoms with Crippen molar-refractivity contribution in [2.45, 2.75) is 64.5 Å². The number of ketones is 1. The Morgan fingerprint density at radius 3 is 3.16 bits per heavy atom. The summed E-state index contributed by atoms with van der Waals surface area (Å²) in [4.78, 5) is 16.2. The lowest BCUT2D eigenvalue weighted by molar-refractivity contribution is -0.118. The molecule has 5 nitrogen and oxygen atoms in total. The Labute approximate surface area is 114 Å². The highest BCUT2D eigenvalue weighted by Crippen LogP contribution is 2.12. The predicted octanol–water partition coefficient (Wildman–Crippen LogP) is 1.72. The zero-order valence-electron chi connectivity index (χ0n) is 11.8. The van der Waals surface area contributed by atoms with Gasteiger partial charge in [0.05, 0.1) is 6.42 Å². The molecule has 0 amide bonds. The molecule has 0 radical (unpaired) electrons. The van der Waals surface area contributed by atoms with Gasteiger partial charge in [0.2, 0.25) is 0 Å². The van der Waals surface area contributed by atoms with Crippen LogP contribution in [0.2, 0.25) is 0 Å². The molecule has 2 rings (SSSR count). The van der Waals surface area contributed by atoms with E-state index in [0.29, 0.717) is 18.9 Å². The molecular weight excluding hydrogens is 240 g/mol. The predicted molar refractivity (Wildman–Crippen MR) is 73.9 cm³/mol. The fourth-order valence-electron chi connectivity index (χ4n) is 2.59. The summed E-state index contributed by atoms with van der Waals surface area (Å²) < 4.78 is 1.84. The second-order valence-electron chi connectivity index (χ2n) is 5.30. The van der Waals surface area contributed by atoms with Gasteiger partial charge in [-0.2, -0.15) is 5.10 Å². The molecule has 2 heterocycles. The van der Waals surface area contributed by atoms with Crippen LogP contribution in [0.25, 0.3) is 0 Å². The minimum atomic E-state index is 0.276. The van der Waals surface area contributed by atoms with Crippen molar-refractivity contribution in [1.82, 2.24) is 20.1 Å². The van der Waals surface area contributed by atoms with Crippen LogP contribution < -0.4 is 5.32 Å². The Balaban J connectivity index is 1.75. The van der Waals surface area contributed by atoms with Gasteiger partial charge in [-0.15, -0.1) is 0 Å². The summed E-state index contributed by atoms with van der Waals surface area (Å²) >= 11 is 0. The van der Waals surface area contributed by atoms with E-state index in [-0.39, 0.29) is 5.78 Å². The SMILES string of the molecule is CCCn1ncnc1CC(=O)CCC1CCCCN1. The van der Waals surface area contributed by atoms with Crippen LogP contribution >= 0.6 is 0 Å². The molecule has 0 aliphatic carbocycles. The van der Waals surface area contributed by atoms with Gasteiger partial charge in [-0.1, -0.05) is 13.3 Å². The highest BCUT2D eigenvalue weighted by molar-refractivity contribution is 5.80. The first-order chi connectivity index (χ1) is 9.29. The lowest BCUT2D eigenvalue weighted by Crippen LogP contribution is -2.34. The first-order valence-electron chi connectivity index (χ1n) is 7.41. The monoisotopic (exact) mass is 264 g/mol. The van der Waals surface area contributed by atoms with E-state index in [4.69, 9.17) is 0 Å². The molecule has 5 heteroatoms. The van der Waals surface area contributed by atoms with Gasteiger partial charge in [0, 0.05) is 19.0 Å². The van der Waals surface area contributed by atoms with E-state index >= 15 is 0 Å². The summed E-state index contributed by atoms with van der Waals surface area (Å²) in [5.41, 5.74) is 0. The van der Waals surface area contributed by atoms with E-state index < -0.39 is 0 Å². The summed E-state index contributed by atoms with van der Waals surface area (Å²) in [6, 6.07) is 0.534. The standard InChI is InChI=1S/C14H24N4O/c1-2-9-18-14(16-11-17-18)10-13(19)7-6-12-5-3-4-8-15-12/h11-12,15H,2-10H2,1H3. The quantitative estimate of drug-likeness (QED) is 0.814. The molecule has 19 heavy (non-hydrogen) atoms. The fourth-order valence-corrected chi connectivity index (χ4v) is 2.59. The van der Waals surface area contributed by atoms with Gasteiger partial charge in [-0.25, -0.2) is 9.67 Å². The third-order valence-corrected chi connectivity index (χ3v) is 3.67. The van der Waals surface area contributed by atoms with Gasteiger partial charge in [-0.05, 0) is 32.2 Å². The molecule has 0 spiro atoms. The third kappa shape index (κ3) is 4.42. The number of piperidine rings is 1. The molecule has 1 atom stereocenters. The topological polar surface area (TPSA) is 59.8 Å². The number of Topliss-reactive ketones (excluding diaryl/α,β-unsaturated/α-hetero) is 1. The van der Waals surface area contributed by atoms with E-state index in [1.54, 1.807) is 6.33 Å². The van der Waals surface area contributed by atoms with E-state index in [0.717, 1.165) is 31.8 Å². The number of nitrogens with zero attached hydrogens (tertiary/aromatic N) is 3. The van der Waals surface area contributed by atoms with Crippen molar-refractivity contribution in [3.8, 4) is 0 Å². The zero-order chi connectivity index (χ0) is 13.5. The van der Waals surface area contributed by atoms with Crippen molar-refractivity contribution < 1.29 is 4.79 Å². The van der Waals surface area contributed by atoms with Gasteiger partial charge >= 0.3 is 0 Å². The van der Waals surface area contributed by atoms with Gasteiger partial charge in [0.15, 0.2) is 0 Å².